The number of thiazole rings is 1. The second-order valence-electron chi connectivity index (χ2n) is 4.18. The highest BCUT2D eigenvalue weighted by Gasteiger charge is 2.09. The van der Waals surface area contributed by atoms with Gasteiger partial charge in [-0.1, -0.05) is 13.8 Å². The zero-order valence-electron chi connectivity index (χ0n) is 9.90. The molecule has 0 unspecified atom stereocenters. The van der Waals surface area contributed by atoms with Crippen molar-refractivity contribution in [2.45, 2.75) is 26.7 Å². The molecule has 17 heavy (non-hydrogen) atoms. The number of carboxylic acid groups (broad SMARTS) is 1. The lowest BCUT2D eigenvalue weighted by Gasteiger charge is -2.05. The molecule has 0 aliphatic rings. The minimum Gasteiger partial charge on any atom is -0.481 e. The van der Waals surface area contributed by atoms with E-state index in [-0.39, 0.29) is 18.7 Å². The largest absolute Gasteiger partial charge is 0.481 e. The number of aliphatic carboxylic acids is 1. The standard InChI is InChI=1S/C11H16N2O3S/c1-7(2)5-12-9(14)4-10-13-8(6-17-10)3-11(15)16/h6-7H,3-5H2,1-2H3,(H,12,14)(H,15,16). The average molecular weight is 256 g/mol. The van der Waals surface area contributed by atoms with Gasteiger partial charge in [-0.05, 0) is 5.92 Å². The minimum atomic E-state index is -0.911. The average Bonchev–Trinajstić information content (AvgIpc) is 2.61. The molecule has 1 amide bonds. The van der Waals surface area contributed by atoms with E-state index in [2.05, 4.69) is 10.3 Å². The summed E-state index contributed by atoms with van der Waals surface area (Å²) >= 11 is 1.32. The van der Waals surface area contributed by atoms with Crippen LogP contribution >= 0.6 is 11.3 Å². The van der Waals surface area contributed by atoms with Gasteiger partial charge >= 0.3 is 5.97 Å². The Morgan fingerprint density at radius 1 is 1.47 bits per heavy atom. The third-order valence-corrected chi connectivity index (χ3v) is 2.85. The second-order valence-corrected chi connectivity index (χ2v) is 5.12. The topological polar surface area (TPSA) is 79.3 Å². The normalized spacial score (nSPS) is 10.5. The maximum atomic E-state index is 11.5. The summed E-state index contributed by atoms with van der Waals surface area (Å²) in [5.74, 6) is -0.571. The van der Waals surface area contributed by atoms with Gasteiger partial charge in [0.2, 0.25) is 5.91 Å². The van der Waals surface area contributed by atoms with Gasteiger partial charge in [0.15, 0.2) is 0 Å². The molecule has 1 aromatic heterocycles. The van der Waals surface area contributed by atoms with Crippen molar-refractivity contribution in [2.75, 3.05) is 6.54 Å². The SMILES string of the molecule is CC(C)CNC(=O)Cc1nc(CC(=O)O)cs1. The Morgan fingerprint density at radius 3 is 2.76 bits per heavy atom. The summed E-state index contributed by atoms with van der Waals surface area (Å²) in [6, 6.07) is 0. The second kappa shape index (κ2) is 6.34. The third-order valence-electron chi connectivity index (χ3n) is 1.95. The maximum Gasteiger partial charge on any atom is 0.309 e. The highest BCUT2D eigenvalue weighted by atomic mass is 32.1. The van der Waals surface area contributed by atoms with Gasteiger partial charge in [0.05, 0.1) is 18.5 Å². The van der Waals surface area contributed by atoms with Crippen molar-refractivity contribution < 1.29 is 14.7 Å². The lowest BCUT2D eigenvalue weighted by Crippen LogP contribution is -2.28. The minimum absolute atomic E-state index is 0.0741. The van der Waals surface area contributed by atoms with E-state index < -0.39 is 5.97 Å². The summed E-state index contributed by atoms with van der Waals surface area (Å²) in [6.45, 7) is 4.69. The Labute approximate surface area is 104 Å². The molecule has 94 valence electrons. The number of carbonyl (C=O) groups is 2. The van der Waals surface area contributed by atoms with E-state index in [1.807, 2.05) is 13.8 Å². The molecule has 0 aromatic carbocycles. The Morgan fingerprint density at radius 2 is 2.18 bits per heavy atom. The van der Waals surface area contributed by atoms with Crippen LogP contribution in [0.15, 0.2) is 5.38 Å². The number of hydrogen-bond acceptors (Lipinski definition) is 4. The molecular formula is C11H16N2O3S. The Hall–Kier alpha value is -1.43. The molecule has 0 radical (unpaired) electrons. The van der Waals surface area contributed by atoms with Crippen LogP contribution in [0.2, 0.25) is 0 Å². The van der Waals surface area contributed by atoms with Crippen molar-refractivity contribution in [3.05, 3.63) is 16.1 Å². The predicted molar refractivity (Wildman–Crippen MR) is 65.0 cm³/mol. The van der Waals surface area contributed by atoms with E-state index in [1.165, 1.54) is 11.3 Å². The van der Waals surface area contributed by atoms with E-state index in [0.29, 0.717) is 23.2 Å². The quantitative estimate of drug-likeness (QED) is 0.798. The summed E-state index contributed by atoms with van der Waals surface area (Å²) in [6.07, 6.45) is 0.126. The van der Waals surface area contributed by atoms with Crippen LogP contribution < -0.4 is 5.32 Å². The summed E-state index contributed by atoms with van der Waals surface area (Å²) in [5, 5.41) is 13.7. The van der Waals surface area contributed by atoms with E-state index in [4.69, 9.17) is 5.11 Å². The number of nitrogens with zero attached hydrogens (tertiary/aromatic N) is 1. The van der Waals surface area contributed by atoms with Gasteiger partial charge in [0, 0.05) is 11.9 Å². The predicted octanol–water partition coefficient (Wildman–Crippen LogP) is 1.08. The van der Waals surface area contributed by atoms with Gasteiger partial charge in [0.1, 0.15) is 5.01 Å². The number of carbonyl (C=O) groups excluding carboxylic acids is 1. The van der Waals surface area contributed by atoms with E-state index in [0.717, 1.165) is 0 Å². The fourth-order valence-corrected chi connectivity index (χ4v) is 1.98. The molecule has 1 rings (SSSR count). The lowest BCUT2D eigenvalue weighted by atomic mass is 10.2. The van der Waals surface area contributed by atoms with Crippen LogP contribution in [0.4, 0.5) is 0 Å². The van der Waals surface area contributed by atoms with Gasteiger partial charge in [-0.15, -0.1) is 11.3 Å². The summed E-state index contributed by atoms with van der Waals surface area (Å²) in [7, 11) is 0. The number of nitrogens with one attached hydrogen (secondary N) is 1. The van der Waals surface area contributed by atoms with E-state index in [9.17, 15) is 9.59 Å². The molecule has 0 saturated carbocycles. The molecule has 0 spiro atoms. The first-order valence-electron chi connectivity index (χ1n) is 5.39. The van der Waals surface area contributed by atoms with Crippen LogP contribution in [0.5, 0.6) is 0 Å². The number of aromatic nitrogens is 1. The number of amides is 1. The van der Waals surface area contributed by atoms with Gasteiger partial charge in [-0.25, -0.2) is 4.98 Å². The smallest absolute Gasteiger partial charge is 0.309 e. The van der Waals surface area contributed by atoms with Crippen molar-refractivity contribution in [2.24, 2.45) is 5.92 Å². The first kappa shape index (κ1) is 13.6. The molecule has 5 nitrogen and oxygen atoms in total. The molecule has 1 heterocycles. The molecular weight excluding hydrogens is 240 g/mol. The maximum absolute atomic E-state index is 11.5. The molecule has 0 aliphatic carbocycles. The molecule has 2 N–H and O–H groups in total. The third kappa shape index (κ3) is 5.44. The van der Waals surface area contributed by atoms with Gasteiger partial charge in [-0.3, -0.25) is 9.59 Å². The molecule has 6 heteroatoms. The highest BCUT2D eigenvalue weighted by Crippen LogP contribution is 2.11. The van der Waals surface area contributed by atoms with Crippen LogP contribution in [-0.4, -0.2) is 28.5 Å². The van der Waals surface area contributed by atoms with E-state index >= 15 is 0 Å². The van der Waals surface area contributed by atoms with Gasteiger partial charge in [0.25, 0.3) is 0 Å². The fraction of sp³-hybridized carbons (Fsp3) is 0.545. The number of rotatable bonds is 6. The molecule has 1 aromatic rings. The first-order chi connectivity index (χ1) is 7.97. The number of hydrogen-bond donors (Lipinski definition) is 2. The van der Waals surface area contributed by atoms with Crippen molar-refractivity contribution in [3.8, 4) is 0 Å². The van der Waals surface area contributed by atoms with Crippen LogP contribution in [0.25, 0.3) is 0 Å². The molecule has 0 aliphatic heterocycles. The summed E-state index contributed by atoms with van der Waals surface area (Å²) < 4.78 is 0. The monoisotopic (exact) mass is 256 g/mol. The Balaban J connectivity index is 2.43. The van der Waals surface area contributed by atoms with Crippen molar-refractivity contribution in [1.82, 2.24) is 10.3 Å². The highest BCUT2D eigenvalue weighted by molar-refractivity contribution is 7.09. The fourth-order valence-electron chi connectivity index (χ4n) is 1.18. The van der Waals surface area contributed by atoms with Crippen LogP contribution in [0.1, 0.15) is 24.5 Å². The van der Waals surface area contributed by atoms with Gasteiger partial charge < -0.3 is 10.4 Å². The van der Waals surface area contributed by atoms with E-state index in [1.54, 1.807) is 5.38 Å². The molecule has 0 saturated heterocycles. The zero-order chi connectivity index (χ0) is 12.8. The lowest BCUT2D eigenvalue weighted by molar-refractivity contribution is -0.136. The Kier molecular flexibility index (Phi) is 5.09. The summed E-state index contributed by atoms with van der Waals surface area (Å²) in [4.78, 5) is 26.0. The van der Waals surface area contributed by atoms with Crippen molar-refractivity contribution >= 4 is 23.2 Å². The van der Waals surface area contributed by atoms with Crippen molar-refractivity contribution in [1.29, 1.82) is 0 Å². The zero-order valence-corrected chi connectivity index (χ0v) is 10.7. The summed E-state index contributed by atoms with van der Waals surface area (Å²) in [5.41, 5.74) is 0.508. The molecule has 0 fully saturated rings. The first-order valence-corrected chi connectivity index (χ1v) is 6.27. The molecule has 0 bridgehead atoms. The number of carboxylic acids is 1. The van der Waals surface area contributed by atoms with Crippen LogP contribution in [-0.2, 0) is 22.4 Å². The van der Waals surface area contributed by atoms with Crippen molar-refractivity contribution in [3.63, 3.8) is 0 Å². The molecule has 0 atom stereocenters. The van der Waals surface area contributed by atoms with Crippen LogP contribution in [0, 0.1) is 5.92 Å². The van der Waals surface area contributed by atoms with Gasteiger partial charge in [-0.2, -0.15) is 0 Å². The van der Waals surface area contributed by atoms with Crippen LogP contribution in [0.3, 0.4) is 0 Å². The Bertz CT molecular complexity index is 401.